The number of anilines is 3. The summed E-state index contributed by atoms with van der Waals surface area (Å²) in [5, 5.41) is 16.1. The number of nitrogens with one attached hydrogen (secondary N) is 2. The van der Waals surface area contributed by atoms with Crippen molar-refractivity contribution in [1.82, 2.24) is 10.3 Å². The minimum Gasteiger partial charge on any atom is -0.506 e. The number of rotatable bonds is 4. The molecule has 3 aromatic rings. The fourth-order valence-corrected chi connectivity index (χ4v) is 3.56. The maximum Gasteiger partial charge on any atom is 0.270 e. The van der Waals surface area contributed by atoms with Crippen LogP contribution in [0.4, 0.5) is 17.2 Å². The van der Waals surface area contributed by atoms with Crippen LogP contribution in [0, 0.1) is 0 Å². The van der Waals surface area contributed by atoms with E-state index < -0.39 is 0 Å². The van der Waals surface area contributed by atoms with Crippen LogP contribution in [0.3, 0.4) is 0 Å². The molecule has 0 saturated heterocycles. The van der Waals surface area contributed by atoms with Gasteiger partial charge in [0.1, 0.15) is 17.3 Å². The highest BCUT2D eigenvalue weighted by Crippen LogP contribution is 2.27. The smallest absolute Gasteiger partial charge is 0.270 e. The summed E-state index contributed by atoms with van der Waals surface area (Å²) in [6.45, 7) is 0. The Hall–Kier alpha value is -3.54. The molecule has 1 aromatic heterocycles. The second-order valence-corrected chi connectivity index (χ2v) is 6.99. The fourth-order valence-electron chi connectivity index (χ4n) is 3.56. The van der Waals surface area contributed by atoms with Crippen molar-refractivity contribution in [2.75, 3.05) is 11.1 Å². The van der Waals surface area contributed by atoms with Gasteiger partial charge in [-0.25, -0.2) is 4.98 Å². The first-order valence-electron chi connectivity index (χ1n) is 9.29. The number of carbonyl (C=O) groups is 1. The summed E-state index contributed by atoms with van der Waals surface area (Å²) in [6.07, 6.45) is 2.66. The van der Waals surface area contributed by atoms with E-state index >= 15 is 0 Å². The average Bonchev–Trinajstić information content (AvgIpc) is 2.69. The Balaban J connectivity index is 1.49. The van der Waals surface area contributed by atoms with Gasteiger partial charge in [0.05, 0.1) is 5.69 Å². The molecule has 0 aliphatic heterocycles. The molecule has 6 heteroatoms. The highest BCUT2D eigenvalue weighted by atomic mass is 16.3. The molecule has 5 N–H and O–H groups in total. The number of aryl methyl sites for hydroxylation is 1. The minimum atomic E-state index is -0.253. The lowest BCUT2D eigenvalue weighted by Gasteiger charge is -2.25. The highest BCUT2D eigenvalue weighted by Gasteiger charge is 2.21. The first kappa shape index (κ1) is 17.9. The molecule has 4 rings (SSSR count). The van der Waals surface area contributed by atoms with Gasteiger partial charge in [-0.3, -0.25) is 4.79 Å². The lowest BCUT2D eigenvalue weighted by molar-refractivity contribution is 0.0929. The normalized spacial score (nSPS) is 15.5. The molecule has 0 saturated carbocycles. The number of benzene rings is 2. The van der Waals surface area contributed by atoms with Crippen LogP contribution < -0.4 is 16.4 Å². The molecule has 1 atom stereocenters. The van der Waals surface area contributed by atoms with Crippen LogP contribution in [0.5, 0.6) is 5.75 Å². The van der Waals surface area contributed by atoms with Crippen molar-refractivity contribution in [2.45, 2.75) is 25.3 Å². The Kier molecular flexibility index (Phi) is 4.85. The number of aromatic nitrogens is 1. The van der Waals surface area contributed by atoms with Crippen molar-refractivity contribution in [2.24, 2.45) is 0 Å². The second kappa shape index (κ2) is 7.60. The minimum absolute atomic E-state index is 0.0696. The molecule has 1 amide bonds. The van der Waals surface area contributed by atoms with E-state index in [2.05, 4.69) is 27.8 Å². The molecule has 1 aliphatic rings. The van der Waals surface area contributed by atoms with Gasteiger partial charge < -0.3 is 21.5 Å². The number of para-hydroxylation sites is 2. The Morgan fingerprint density at radius 3 is 2.64 bits per heavy atom. The molecule has 1 unspecified atom stereocenters. The number of nitrogens with two attached hydrogens (primary N) is 1. The number of phenolic OH excluding ortho intramolecular Hbond substituents is 1. The Bertz CT molecular complexity index is 1020. The molecule has 0 bridgehead atoms. The van der Waals surface area contributed by atoms with E-state index in [1.54, 1.807) is 36.4 Å². The number of nitrogens with zero attached hydrogens (tertiary/aromatic N) is 1. The molecule has 0 spiro atoms. The van der Waals surface area contributed by atoms with Crippen LogP contribution in [0.25, 0.3) is 0 Å². The third kappa shape index (κ3) is 3.91. The molecular formula is C22H22N4O2. The van der Waals surface area contributed by atoms with Crippen molar-refractivity contribution in [3.05, 3.63) is 77.5 Å². The van der Waals surface area contributed by atoms with Gasteiger partial charge in [0.2, 0.25) is 0 Å². The second-order valence-electron chi connectivity index (χ2n) is 6.99. The van der Waals surface area contributed by atoms with Crippen LogP contribution in [-0.2, 0) is 12.8 Å². The summed E-state index contributed by atoms with van der Waals surface area (Å²) in [4.78, 5) is 16.9. The number of aromatic hydroxyl groups is 1. The van der Waals surface area contributed by atoms with Gasteiger partial charge in [0.15, 0.2) is 0 Å². The summed E-state index contributed by atoms with van der Waals surface area (Å²) in [5.41, 5.74) is 9.89. The first-order chi connectivity index (χ1) is 13.6. The van der Waals surface area contributed by atoms with Gasteiger partial charge in [0.25, 0.3) is 5.91 Å². The lowest BCUT2D eigenvalue weighted by Crippen LogP contribution is -2.39. The van der Waals surface area contributed by atoms with E-state index in [-0.39, 0.29) is 29.2 Å². The van der Waals surface area contributed by atoms with E-state index in [1.807, 2.05) is 12.1 Å². The van der Waals surface area contributed by atoms with Gasteiger partial charge >= 0.3 is 0 Å². The van der Waals surface area contributed by atoms with E-state index in [4.69, 9.17) is 5.73 Å². The summed E-state index contributed by atoms with van der Waals surface area (Å²) in [6, 6.07) is 18.5. The van der Waals surface area contributed by atoms with Gasteiger partial charge in [-0.15, -0.1) is 0 Å². The zero-order valence-corrected chi connectivity index (χ0v) is 15.4. The SMILES string of the molecule is Nc1cc(Nc2ccccc2O)cc(C(=O)NC2CCc3ccccc3C2)n1. The molecule has 1 heterocycles. The Morgan fingerprint density at radius 2 is 1.82 bits per heavy atom. The molecule has 1 aliphatic carbocycles. The van der Waals surface area contributed by atoms with Crippen molar-refractivity contribution in [3.8, 4) is 5.75 Å². The monoisotopic (exact) mass is 374 g/mol. The van der Waals surface area contributed by atoms with E-state index in [0.717, 1.165) is 19.3 Å². The largest absolute Gasteiger partial charge is 0.506 e. The third-order valence-corrected chi connectivity index (χ3v) is 4.94. The molecular weight excluding hydrogens is 352 g/mol. The van der Waals surface area contributed by atoms with E-state index in [0.29, 0.717) is 11.4 Å². The number of phenols is 1. The van der Waals surface area contributed by atoms with Crippen molar-refractivity contribution < 1.29 is 9.90 Å². The summed E-state index contributed by atoms with van der Waals surface area (Å²) in [7, 11) is 0. The molecule has 142 valence electrons. The summed E-state index contributed by atoms with van der Waals surface area (Å²) < 4.78 is 0. The van der Waals surface area contributed by atoms with Crippen LogP contribution in [0.2, 0.25) is 0 Å². The number of carbonyl (C=O) groups excluding carboxylic acids is 1. The molecule has 0 radical (unpaired) electrons. The standard InChI is InChI=1S/C22H22N4O2/c23-21-13-17(24-18-7-3-4-8-20(18)27)12-19(26-21)22(28)25-16-10-9-14-5-1-2-6-15(14)11-16/h1-8,12-13,16,27H,9-11H2,(H,25,28)(H3,23,24,26). The number of fused-ring (bicyclic) bond motifs is 1. The van der Waals surface area contributed by atoms with Gasteiger partial charge in [0, 0.05) is 17.8 Å². The number of amides is 1. The van der Waals surface area contributed by atoms with Crippen LogP contribution >= 0.6 is 0 Å². The molecule has 2 aromatic carbocycles. The van der Waals surface area contributed by atoms with Crippen molar-refractivity contribution >= 4 is 23.1 Å². The van der Waals surface area contributed by atoms with Crippen molar-refractivity contribution in [3.63, 3.8) is 0 Å². The van der Waals surface area contributed by atoms with Gasteiger partial charge in [-0.1, -0.05) is 36.4 Å². The number of nitrogen functional groups attached to an aromatic ring is 1. The van der Waals surface area contributed by atoms with Crippen LogP contribution in [-0.4, -0.2) is 22.0 Å². The predicted molar refractivity (Wildman–Crippen MR) is 110 cm³/mol. The highest BCUT2D eigenvalue weighted by molar-refractivity contribution is 5.94. The average molecular weight is 374 g/mol. The number of pyridine rings is 1. The maximum absolute atomic E-state index is 12.7. The topological polar surface area (TPSA) is 100 Å². The quantitative estimate of drug-likeness (QED) is 0.525. The number of hydrogen-bond acceptors (Lipinski definition) is 5. The van der Waals surface area contributed by atoms with Crippen LogP contribution in [0.15, 0.2) is 60.7 Å². The van der Waals surface area contributed by atoms with Gasteiger partial charge in [-0.2, -0.15) is 0 Å². The van der Waals surface area contributed by atoms with E-state index in [1.165, 1.54) is 11.1 Å². The predicted octanol–water partition coefficient (Wildman–Crippen LogP) is 3.40. The lowest BCUT2D eigenvalue weighted by atomic mass is 9.88. The first-order valence-corrected chi connectivity index (χ1v) is 9.29. The maximum atomic E-state index is 12.7. The van der Waals surface area contributed by atoms with Crippen molar-refractivity contribution in [1.29, 1.82) is 0 Å². The zero-order chi connectivity index (χ0) is 19.5. The fraction of sp³-hybridized carbons (Fsp3) is 0.182. The summed E-state index contributed by atoms with van der Waals surface area (Å²) >= 11 is 0. The molecule has 0 fully saturated rings. The number of hydrogen-bond donors (Lipinski definition) is 4. The van der Waals surface area contributed by atoms with Gasteiger partial charge in [-0.05, 0) is 48.6 Å². The van der Waals surface area contributed by atoms with Crippen LogP contribution in [0.1, 0.15) is 28.0 Å². The van der Waals surface area contributed by atoms with E-state index in [9.17, 15) is 9.90 Å². The third-order valence-electron chi connectivity index (χ3n) is 4.94. The molecule has 28 heavy (non-hydrogen) atoms. The Labute approximate surface area is 163 Å². The Morgan fingerprint density at radius 1 is 1.07 bits per heavy atom. The summed E-state index contributed by atoms with van der Waals surface area (Å²) in [5.74, 6) is 0.0985. The molecule has 6 nitrogen and oxygen atoms in total. The zero-order valence-electron chi connectivity index (χ0n) is 15.4.